The Balaban J connectivity index is 1.43. The molecule has 27 heavy (non-hydrogen) atoms. The molecule has 0 radical (unpaired) electrons. The maximum atomic E-state index is 11.6. The molecule has 1 aliphatic rings. The smallest absolute Gasteiger partial charge is 0.250 e. The molecule has 0 aliphatic carbocycles. The molecule has 4 rings (SSSR count). The van der Waals surface area contributed by atoms with Crippen LogP contribution in [0.2, 0.25) is 0 Å². The second-order valence-corrected chi connectivity index (χ2v) is 6.78. The normalized spacial score (nSPS) is 15.1. The minimum absolute atomic E-state index is 0.428. The molecule has 1 saturated heterocycles. The highest BCUT2D eigenvalue weighted by Crippen LogP contribution is 2.27. The number of ether oxygens (including phenoxy) is 1. The van der Waals surface area contributed by atoms with Gasteiger partial charge in [-0.15, -0.1) is 0 Å². The second-order valence-electron chi connectivity index (χ2n) is 6.78. The van der Waals surface area contributed by atoms with Crippen LogP contribution >= 0.6 is 0 Å². The summed E-state index contributed by atoms with van der Waals surface area (Å²) in [5.74, 6) is 0.435. The zero-order chi connectivity index (χ0) is 18.6. The quantitative estimate of drug-likeness (QED) is 0.626. The Morgan fingerprint density at radius 1 is 1.11 bits per heavy atom. The van der Waals surface area contributed by atoms with E-state index in [0.717, 1.165) is 60.6 Å². The molecule has 2 aromatic carbocycles. The van der Waals surface area contributed by atoms with Crippen molar-refractivity contribution < 1.29 is 9.53 Å². The number of fused-ring (bicyclic) bond motifs is 1. The highest BCUT2D eigenvalue weighted by atomic mass is 16.5. The topological polar surface area (TPSA) is 83.4 Å². The standard InChI is InChI=1S/C21H24N4O2/c22-21(26)18-3-1-2-16-14-19(24-20(16)18)15-4-6-17(7-5-15)27-13-12-25-10-8-23-9-11-25/h1-7,14,23-24H,8-13H2,(H2,22,26). The average Bonchev–Trinajstić information content (AvgIpc) is 3.13. The molecule has 0 bridgehead atoms. The van der Waals surface area contributed by atoms with Crippen molar-refractivity contribution in [3.63, 3.8) is 0 Å². The SMILES string of the molecule is NC(=O)c1cccc2cc(-c3ccc(OCCN4CCNCC4)cc3)[nH]c12. The zero-order valence-electron chi connectivity index (χ0n) is 15.2. The molecule has 1 fully saturated rings. The Morgan fingerprint density at radius 3 is 2.63 bits per heavy atom. The van der Waals surface area contributed by atoms with Crippen molar-refractivity contribution in [2.24, 2.45) is 5.73 Å². The molecule has 0 saturated carbocycles. The third-order valence-electron chi connectivity index (χ3n) is 4.97. The molecular formula is C21H24N4O2. The van der Waals surface area contributed by atoms with Crippen LogP contribution < -0.4 is 15.8 Å². The number of aromatic nitrogens is 1. The van der Waals surface area contributed by atoms with Gasteiger partial charge < -0.3 is 20.8 Å². The Bertz CT molecular complexity index is 927. The molecule has 1 aromatic heterocycles. The van der Waals surface area contributed by atoms with Crippen LogP contribution in [0.15, 0.2) is 48.5 Å². The monoisotopic (exact) mass is 364 g/mol. The molecule has 0 spiro atoms. The minimum Gasteiger partial charge on any atom is -0.492 e. The van der Waals surface area contributed by atoms with Crippen molar-refractivity contribution in [1.82, 2.24) is 15.2 Å². The van der Waals surface area contributed by atoms with Gasteiger partial charge in [0.15, 0.2) is 0 Å². The van der Waals surface area contributed by atoms with Gasteiger partial charge in [0.25, 0.3) is 5.91 Å². The number of hydrogen-bond donors (Lipinski definition) is 3. The number of carbonyl (C=O) groups excluding carboxylic acids is 1. The van der Waals surface area contributed by atoms with Crippen LogP contribution in [0.4, 0.5) is 0 Å². The fraction of sp³-hybridized carbons (Fsp3) is 0.286. The number of piperazine rings is 1. The summed E-state index contributed by atoms with van der Waals surface area (Å²) in [6.07, 6.45) is 0. The Kier molecular flexibility index (Phi) is 5.09. The van der Waals surface area contributed by atoms with Crippen LogP contribution in [0.1, 0.15) is 10.4 Å². The molecule has 140 valence electrons. The van der Waals surface area contributed by atoms with Crippen molar-refractivity contribution in [3.05, 3.63) is 54.1 Å². The van der Waals surface area contributed by atoms with Crippen LogP contribution in [0.3, 0.4) is 0 Å². The molecule has 4 N–H and O–H groups in total. The highest BCUT2D eigenvalue weighted by molar-refractivity contribution is 6.06. The number of primary amides is 1. The summed E-state index contributed by atoms with van der Waals surface area (Å²) >= 11 is 0. The van der Waals surface area contributed by atoms with E-state index in [2.05, 4.69) is 15.2 Å². The first-order valence-electron chi connectivity index (χ1n) is 9.28. The highest BCUT2D eigenvalue weighted by Gasteiger charge is 2.11. The summed E-state index contributed by atoms with van der Waals surface area (Å²) in [6, 6.07) is 15.6. The van der Waals surface area contributed by atoms with Gasteiger partial charge >= 0.3 is 0 Å². The minimum atomic E-state index is -0.428. The number of nitrogens with zero attached hydrogens (tertiary/aromatic N) is 1. The lowest BCUT2D eigenvalue weighted by Crippen LogP contribution is -2.44. The lowest BCUT2D eigenvalue weighted by Gasteiger charge is -2.26. The number of carbonyl (C=O) groups is 1. The average molecular weight is 364 g/mol. The van der Waals surface area contributed by atoms with Gasteiger partial charge in [-0.2, -0.15) is 0 Å². The van der Waals surface area contributed by atoms with Crippen LogP contribution in [0, 0.1) is 0 Å². The number of aromatic amines is 1. The molecule has 2 heterocycles. The second kappa shape index (κ2) is 7.82. The number of nitrogens with one attached hydrogen (secondary N) is 2. The van der Waals surface area contributed by atoms with Gasteiger partial charge in [-0.1, -0.05) is 12.1 Å². The number of nitrogens with two attached hydrogens (primary N) is 1. The zero-order valence-corrected chi connectivity index (χ0v) is 15.2. The lowest BCUT2D eigenvalue weighted by atomic mass is 10.1. The lowest BCUT2D eigenvalue weighted by molar-refractivity contribution is 0.100. The number of H-pyrrole nitrogens is 1. The summed E-state index contributed by atoms with van der Waals surface area (Å²) in [7, 11) is 0. The van der Waals surface area contributed by atoms with E-state index in [4.69, 9.17) is 10.5 Å². The Hall–Kier alpha value is -2.83. The molecule has 6 heteroatoms. The van der Waals surface area contributed by atoms with Crippen LogP contribution in [-0.4, -0.2) is 55.1 Å². The van der Waals surface area contributed by atoms with Gasteiger partial charge in [0.05, 0.1) is 11.1 Å². The number of para-hydroxylation sites is 1. The van der Waals surface area contributed by atoms with E-state index in [0.29, 0.717) is 12.2 Å². The van der Waals surface area contributed by atoms with E-state index >= 15 is 0 Å². The van der Waals surface area contributed by atoms with Crippen molar-refractivity contribution in [3.8, 4) is 17.0 Å². The van der Waals surface area contributed by atoms with Gasteiger partial charge in [0.2, 0.25) is 0 Å². The van der Waals surface area contributed by atoms with Gasteiger partial charge in [0.1, 0.15) is 12.4 Å². The van der Waals surface area contributed by atoms with Crippen molar-refractivity contribution in [2.75, 3.05) is 39.3 Å². The van der Waals surface area contributed by atoms with Crippen LogP contribution in [-0.2, 0) is 0 Å². The van der Waals surface area contributed by atoms with Crippen molar-refractivity contribution in [2.45, 2.75) is 0 Å². The molecule has 0 atom stereocenters. The number of rotatable bonds is 6. The molecule has 6 nitrogen and oxygen atoms in total. The van der Waals surface area contributed by atoms with Crippen molar-refractivity contribution in [1.29, 1.82) is 0 Å². The fourth-order valence-corrected chi connectivity index (χ4v) is 3.48. The van der Waals surface area contributed by atoms with E-state index < -0.39 is 5.91 Å². The molecule has 3 aromatic rings. The molecule has 1 aliphatic heterocycles. The summed E-state index contributed by atoms with van der Waals surface area (Å²) in [6.45, 7) is 5.90. The Morgan fingerprint density at radius 2 is 1.89 bits per heavy atom. The summed E-state index contributed by atoms with van der Waals surface area (Å²) in [5.41, 5.74) is 8.73. The summed E-state index contributed by atoms with van der Waals surface area (Å²) in [5, 5.41) is 4.32. The predicted octanol–water partition coefficient (Wildman–Crippen LogP) is 2.22. The van der Waals surface area contributed by atoms with E-state index in [1.54, 1.807) is 6.07 Å². The van der Waals surface area contributed by atoms with E-state index in [-0.39, 0.29) is 0 Å². The molecular weight excluding hydrogens is 340 g/mol. The van der Waals surface area contributed by atoms with E-state index in [9.17, 15) is 4.79 Å². The van der Waals surface area contributed by atoms with Gasteiger partial charge in [-0.05, 0) is 42.0 Å². The van der Waals surface area contributed by atoms with E-state index in [1.165, 1.54) is 0 Å². The van der Waals surface area contributed by atoms with Crippen LogP contribution in [0.25, 0.3) is 22.2 Å². The summed E-state index contributed by atoms with van der Waals surface area (Å²) < 4.78 is 5.88. The maximum Gasteiger partial charge on any atom is 0.250 e. The number of hydrogen-bond acceptors (Lipinski definition) is 4. The molecule has 0 unspecified atom stereocenters. The van der Waals surface area contributed by atoms with Gasteiger partial charge in [-0.25, -0.2) is 0 Å². The summed E-state index contributed by atoms with van der Waals surface area (Å²) in [4.78, 5) is 17.3. The first kappa shape index (κ1) is 17.6. The number of benzene rings is 2. The predicted molar refractivity (Wildman–Crippen MR) is 107 cm³/mol. The maximum absolute atomic E-state index is 11.6. The largest absolute Gasteiger partial charge is 0.492 e. The van der Waals surface area contributed by atoms with Crippen LogP contribution in [0.5, 0.6) is 5.75 Å². The van der Waals surface area contributed by atoms with Crippen molar-refractivity contribution >= 4 is 16.8 Å². The first-order valence-corrected chi connectivity index (χ1v) is 9.28. The van der Waals surface area contributed by atoms with Gasteiger partial charge in [-0.3, -0.25) is 9.69 Å². The van der Waals surface area contributed by atoms with Gasteiger partial charge in [0, 0.05) is 43.8 Å². The third-order valence-corrected chi connectivity index (χ3v) is 4.97. The third kappa shape index (κ3) is 3.97. The Labute approximate surface area is 158 Å². The first-order chi connectivity index (χ1) is 13.2. The van der Waals surface area contributed by atoms with E-state index in [1.807, 2.05) is 42.5 Å². The fourth-order valence-electron chi connectivity index (χ4n) is 3.48. The number of amides is 1. The molecule has 1 amide bonds.